The number of hydrogen-bond acceptors (Lipinski definition) is 3. The van der Waals surface area contributed by atoms with Crippen LogP contribution in [-0.2, 0) is 0 Å². The van der Waals surface area contributed by atoms with Gasteiger partial charge in [-0.1, -0.05) is 25.4 Å². The van der Waals surface area contributed by atoms with E-state index in [0.29, 0.717) is 5.92 Å². The average Bonchev–Trinajstić information content (AvgIpc) is 2.22. The summed E-state index contributed by atoms with van der Waals surface area (Å²) in [6.45, 7) is 8.12. The third kappa shape index (κ3) is 3.33. The van der Waals surface area contributed by atoms with E-state index >= 15 is 0 Å². The van der Waals surface area contributed by atoms with Crippen LogP contribution in [0.3, 0.4) is 0 Å². The lowest BCUT2D eigenvalue weighted by Gasteiger charge is -2.20. The Bertz CT molecular complexity index is 433. The maximum absolute atomic E-state index is 10.7. The molecule has 1 unspecified atom stereocenters. The molecule has 4 nitrogen and oxygen atoms in total. The van der Waals surface area contributed by atoms with Gasteiger partial charge in [0.1, 0.15) is 5.02 Å². The monoisotopic (exact) mass is 256 g/mol. The largest absolute Gasteiger partial charge is 0.382 e. The molecule has 0 aliphatic heterocycles. The quantitative estimate of drug-likeness (QED) is 0.654. The fraction of sp³-hybridized carbons (Fsp3) is 0.500. The van der Waals surface area contributed by atoms with Crippen LogP contribution in [0.4, 0.5) is 11.4 Å². The van der Waals surface area contributed by atoms with Gasteiger partial charge in [0.25, 0.3) is 5.69 Å². The van der Waals surface area contributed by atoms with Crippen molar-refractivity contribution >= 4 is 23.0 Å². The minimum Gasteiger partial charge on any atom is -0.382 e. The minimum atomic E-state index is -0.467. The highest BCUT2D eigenvalue weighted by atomic mass is 35.5. The van der Waals surface area contributed by atoms with Gasteiger partial charge in [0.2, 0.25) is 0 Å². The zero-order valence-electron chi connectivity index (χ0n) is 10.5. The van der Waals surface area contributed by atoms with Crippen molar-refractivity contribution in [2.24, 2.45) is 5.92 Å². The zero-order chi connectivity index (χ0) is 13.2. The molecule has 0 heterocycles. The van der Waals surface area contributed by atoms with E-state index in [-0.39, 0.29) is 16.8 Å². The summed E-state index contributed by atoms with van der Waals surface area (Å²) in [6.07, 6.45) is 0. The molecule has 0 aliphatic rings. The van der Waals surface area contributed by atoms with Crippen molar-refractivity contribution in [3.8, 4) is 0 Å². The molecule has 17 heavy (non-hydrogen) atoms. The smallest absolute Gasteiger partial charge is 0.288 e. The number of aryl methyl sites for hydroxylation is 1. The van der Waals surface area contributed by atoms with Crippen molar-refractivity contribution in [3.63, 3.8) is 0 Å². The standard InChI is InChI=1S/C12H17ClN2O2/c1-7(2)9(4)14-11-6-10(13)12(15(16)17)5-8(11)3/h5-7,9,14H,1-4H3. The first-order valence-corrected chi connectivity index (χ1v) is 5.91. The lowest BCUT2D eigenvalue weighted by atomic mass is 10.1. The fourth-order valence-electron chi connectivity index (χ4n) is 1.37. The predicted molar refractivity (Wildman–Crippen MR) is 70.8 cm³/mol. The van der Waals surface area contributed by atoms with Crippen LogP contribution in [-0.4, -0.2) is 11.0 Å². The van der Waals surface area contributed by atoms with Crippen molar-refractivity contribution in [3.05, 3.63) is 32.8 Å². The first-order chi connectivity index (χ1) is 7.82. The van der Waals surface area contributed by atoms with Gasteiger partial charge < -0.3 is 5.32 Å². The van der Waals surface area contributed by atoms with Gasteiger partial charge in [-0.2, -0.15) is 0 Å². The first kappa shape index (κ1) is 13.8. The van der Waals surface area contributed by atoms with Gasteiger partial charge in [-0.15, -0.1) is 0 Å². The first-order valence-electron chi connectivity index (χ1n) is 5.54. The third-order valence-electron chi connectivity index (χ3n) is 2.87. The average molecular weight is 257 g/mol. The van der Waals surface area contributed by atoms with E-state index in [1.807, 2.05) is 6.92 Å². The Labute approximate surface area is 106 Å². The highest BCUT2D eigenvalue weighted by Crippen LogP contribution is 2.31. The Kier molecular flexibility index (Phi) is 4.34. The molecule has 0 aliphatic carbocycles. The molecular formula is C12H17ClN2O2. The van der Waals surface area contributed by atoms with Crippen molar-refractivity contribution in [2.75, 3.05) is 5.32 Å². The molecule has 1 atom stereocenters. The van der Waals surface area contributed by atoms with E-state index in [4.69, 9.17) is 11.6 Å². The molecule has 1 rings (SSSR count). The van der Waals surface area contributed by atoms with E-state index < -0.39 is 4.92 Å². The Morgan fingerprint density at radius 3 is 2.41 bits per heavy atom. The number of halogens is 1. The molecule has 0 saturated heterocycles. The predicted octanol–water partition coefficient (Wildman–Crippen LogP) is 4.01. The number of nitro groups is 1. The van der Waals surface area contributed by atoms with Gasteiger partial charge >= 0.3 is 0 Å². The van der Waals surface area contributed by atoms with E-state index in [9.17, 15) is 10.1 Å². The number of hydrogen-bond donors (Lipinski definition) is 1. The number of nitrogens with zero attached hydrogens (tertiary/aromatic N) is 1. The van der Waals surface area contributed by atoms with Crippen LogP contribution in [0.1, 0.15) is 26.3 Å². The van der Waals surface area contributed by atoms with Crippen LogP contribution in [0.15, 0.2) is 12.1 Å². The Morgan fingerprint density at radius 1 is 1.35 bits per heavy atom. The molecule has 0 bridgehead atoms. The molecule has 1 aromatic rings. The number of benzene rings is 1. The van der Waals surface area contributed by atoms with Gasteiger partial charge in [0, 0.05) is 17.8 Å². The maximum atomic E-state index is 10.7. The van der Waals surface area contributed by atoms with Gasteiger partial charge in [-0.05, 0) is 31.4 Å². The van der Waals surface area contributed by atoms with Crippen molar-refractivity contribution in [2.45, 2.75) is 33.7 Å². The van der Waals surface area contributed by atoms with Crippen LogP contribution >= 0.6 is 11.6 Å². The molecule has 1 aromatic carbocycles. The molecule has 5 heteroatoms. The van der Waals surface area contributed by atoms with Crippen LogP contribution < -0.4 is 5.32 Å². The highest BCUT2D eigenvalue weighted by Gasteiger charge is 2.16. The molecule has 0 amide bonds. The maximum Gasteiger partial charge on any atom is 0.288 e. The summed E-state index contributed by atoms with van der Waals surface area (Å²) in [5.41, 5.74) is 1.63. The number of anilines is 1. The second kappa shape index (κ2) is 5.36. The van der Waals surface area contributed by atoms with Gasteiger partial charge in [-0.25, -0.2) is 0 Å². The van der Waals surface area contributed by atoms with Crippen LogP contribution in [0.2, 0.25) is 5.02 Å². The van der Waals surface area contributed by atoms with Crippen molar-refractivity contribution in [1.29, 1.82) is 0 Å². The summed E-state index contributed by atoms with van der Waals surface area (Å²) < 4.78 is 0. The summed E-state index contributed by atoms with van der Waals surface area (Å²) >= 11 is 5.88. The molecule has 0 spiro atoms. The molecule has 0 radical (unpaired) electrons. The second-order valence-corrected chi connectivity index (χ2v) is 4.96. The Morgan fingerprint density at radius 2 is 1.94 bits per heavy atom. The lowest BCUT2D eigenvalue weighted by Crippen LogP contribution is -2.22. The van der Waals surface area contributed by atoms with Gasteiger partial charge in [-0.3, -0.25) is 10.1 Å². The van der Waals surface area contributed by atoms with E-state index in [0.717, 1.165) is 11.3 Å². The molecule has 0 fully saturated rings. The molecule has 0 saturated carbocycles. The lowest BCUT2D eigenvalue weighted by molar-refractivity contribution is -0.384. The van der Waals surface area contributed by atoms with Crippen molar-refractivity contribution in [1.82, 2.24) is 0 Å². The van der Waals surface area contributed by atoms with Gasteiger partial charge in [0.15, 0.2) is 0 Å². The summed E-state index contributed by atoms with van der Waals surface area (Å²) in [5, 5.41) is 14.2. The number of nitro benzene ring substituents is 1. The second-order valence-electron chi connectivity index (χ2n) is 4.55. The van der Waals surface area contributed by atoms with Crippen LogP contribution in [0, 0.1) is 23.0 Å². The van der Waals surface area contributed by atoms with Crippen LogP contribution in [0.5, 0.6) is 0 Å². The summed E-state index contributed by atoms with van der Waals surface area (Å²) in [7, 11) is 0. The van der Waals surface area contributed by atoms with Crippen LogP contribution in [0.25, 0.3) is 0 Å². The summed E-state index contributed by atoms with van der Waals surface area (Å²) in [5.74, 6) is 0.475. The van der Waals surface area contributed by atoms with Crippen molar-refractivity contribution < 1.29 is 4.92 Å². The Balaban J connectivity index is 3.03. The normalized spacial score (nSPS) is 12.6. The highest BCUT2D eigenvalue weighted by molar-refractivity contribution is 6.33. The summed E-state index contributed by atoms with van der Waals surface area (Å²) in [6, 6.07) is 3.40. The van der Waals surface area contributed by atoms with Gasteiger partial charge in [0.05, 0.1) is 4.92 Å². The SMILES string of the molecule is Cc1cc([N+](=O)[O-])c(Cl)cc1NC(C)C(C)C. The topological polar surface area (TPSA) is 55.2 Å². The number of nitrogens with one attached hydrogen (secondary N) is 1. The Hall–Kier alpha value is -1.29. The third-order valence-corrected chi connectivity index (χ3v) is 3.18. The summed E-state index contributed by atoms with van der Waals surface area (Å²) in [4.78, 5) is 10.2. The molecule has 0 aromatic heterocycles. The molecular weight excluding hydrogens is 240 g/mol. The fourth-order valence-corrected chi connectivity index (χ4v) is 1.61. The number of rotatable bonds is 4. The molecule has 1 N–H and O–H groups in total. The van der Waals surface area contributed by atoms with E-state index in [1.165, 1.54) is 6.07 Å². The van der Waals surface area contributed by atoms with E-state index in [1.54, 1.807) is 6.07 Å². The zero-order valence-corrected chi connectivity index (χ0v) is 11.2. The molecule has 94 valence electrons. The van der Waals surface area contributed by atoms with E-state index in [2.05, 4.69) is 26.1 Å². The minimum absolute atomic E-state index is 0.0492.